The summed E-state index contributed by atoms with van der Waals surface area (Å²) in [6.07, 6.45) is 5.17. The van der Waals surface area contributed by atoms with Crippen LogP contribution in [-0.4, -0.2) is 45.1 Å². The molecule has 1 aromatic heterocycles. The predicted octanol–water partition coefficient (Wildman–Crippen LogP) is 6.96. The fourth-order valence-electron chi connectivity index (χ4n) is 4.29. The molecule has 0 bridgehead atoms. The van der Waals surface area contributed by atoms with E-state index in [4.69, 9.17) is 0 Å². The quantitative estimate of drug-likeness (QED) is 0.334. The number of aromatic nitrogens is 3. The van der Waals surface area contributed by atoms with Crippen molar-refractivity contribution in [2.24, 2.45) is 0 Å². The lowest BCUT2D eigenvalue weighted by atomic mass is 9.87. The molecular weight excluding hydrogens is 480 g/mol. The highest BCUT2D eigenvalue weighted by molar-refractivity contribution is 9.10. The maximum Gasteiger partial charge on any atom is 0.196 e. The highest BCUT2D eigenvalue weighted by atomic mass is 79.9. The molecule has 0 unspecified atom stereocenters. The van der Waals surface area contributed by atoms with Gasteiger partial charge in [-0.25, -0.2) is 0 Å². The van der Waals surface area contributed by atoms with Crippen LogP contribution < -0.4 is 0 Å². The second kappa shape index (κ2) is 10.1. The summed E-state index contributed by atoms with van der Waals surface area (Å²) in [5, 5.41) is 10.2. The maximum absolute atomic E-state index is 4.63. The van der Waals surface area contributed by atoms with Gasteiger partial charge in [-0.3, -0.25) is 4.57 Å². The molecule has 4 nitrogen and oxygen atoms in total. The van der Waals surface area contributed by atoms with Gasteiger partial charge < -0.3 is 4.90 Å². The number of benzene rings is 2. The molecule has 0 N–H and O–H groups in total. The van der Waals surface area contributed by atoms with E-state index in [1.807, 2.05) is 11.8 Å². The van der Waals surface area contributed by atoms with E-state index in [1.54, 1.807) is 0 Å². The lowest BCUT2D eigenvalue weighted by Crippen LogP contribution is -2.36. The first-order valence-electron chi connectivity index (χ1n) is 11.5. The smallest absolute Gasteiger partial charge is 0.196 e. The molecule has 0 amide bonds. The summed E-state index contributed by atoms with van der Waals surface area (Å²) >= 11 is 5.37. The van der Waals surface area contributed by atoms with Crippen LogP contribution in [-0.2, 0) is 5.41 Å². The Morgan fingerprint density at radius 1 is 1.00 bits per heavy atom. The molecule has 1 saturated heterocycles. The van der Waals surface area contributed by atoms with E-state index >= 15 is 0 Å². The minimum absolute atomic E-state index is 0.130. The molecule has 3 aromatic rings. The van der Waals surface area contributed by atoms with Crippen molar-refractivity contribution in [3.05, 3.63) is 58.6 Å². The van der Waals surface area contributed by atoms with Gasteiger partial charge in [-0.05, 0) is 68.1 Å². The zero-order chi connectivity index (χ0) is 22.7. The average molecular weight is 514 g/mol. The predicted molar refractivity (Wildman–Crippen MR) is 139 cm³/mol. The van der Waals surface area contributed by atoms with E-state index in [9.17, 15) is 0 Å². The molecule has 1 aliphatic rings. The number of likely N-dealkylation sites (tertiary alicyclic amines) is 1. The van der Waals surface area contributed by atoms with Crippen LogP contribution in [0.3, 0.4) is 0 Å². The third kappa shape index (κ3) is 5.46. The Kier molecular flexibility index (Phi) is 7.43. The van der Waals surface area contributed by atoms with Gasteiger partial charge in [-0.2, -0.15) is 0 Å². The maximum atomic E-state index is 4.63. The second-order valence-electron chi connectivity index (χ2n) is 9.71. The van der Waals surface area contributed by atoms with Crippen LogP contribution in [0.4, 0.5) is 0 Å². The number of thioether (sulfide) groups is 1. The van der Waals surface area contributed by atoms with Gasteiger partial charge in [0.25, 0.3) is 0 Å². The first-order valence-corrected chi connectivity index (χ1v) is 13.3. The number of hydrogen-bond acceptors (Lipinski definition) is 4. The monoisotopic (exact) mass is 512 g/mol. The van der Waals surface area contributed by atoms with Gasteiger partial charge in [0.1, 0.15) is 0 Å². The van der Waals surface area contributed by atoms with Crippen LogP contribution >= 0.6 is 27.7 Å². The fraction of sp³-hybridized carbons (Fsp3) is 0.462. The van der Waals surface area contributed by atoms with Crippen LogP contribution in [0.15, 0.2) is 58.2 Å². The molecule has 4 rings (SSSR count). The molecule has 2 heterocycles. The van der Waals surface area contributed by atoms with Gasteiger partial charge in [0.05, 0.1) is 0 Å². The standard InChI is InChI=1S/C26H33BrN4S/c1-26(2,3)20-10-8-19(9-11-20)24-28-29-25(31(24)23-14-12-21(27)13-15-23)32-18-16-22-7-5-6-17-30(22)4/h8-15,22H,5-7,16-18H2,1-4H3/t22-/m1/s1. The average Bonchev–Trinajstić information content (AvgIpc) is 3.19. The third-order valence-electron chi connectivity index (χ3n) is 6.33. The topological polar surface area (TPSA) is 34.0 Å². The summed E-state index contributed by atoms with van der Waals surface area (Å²) in [6, 6.07) is 17.9. The number of rotatable bonds is 6. The zero-order valence-corrected chi connectivity index (χ0v) is 21.9. The summed E-state index contributed by atoms with van der Waals surface area (Å²) in [4.78, 5) is 2.52. The molecular formula is C26H33BrN4S. The van der Waals surface area contributed by atoms with Crippen LogP contribution in [0.1, 0.15) is 52.0 Å². The van der Waals surface area contributed by atoms with E-state index in [2.05, 4.69) is 112 Å². The van der Waals surface area contributed by atoms with Crippen molar-refractivity contribution in [1.29, 1.82) is 0 Å². The van der Waals surface area contributed by atoms with Gasteiger partial charge >= 0.3 is 0 Å². The van der Waals surface area contributed by atoms with Crippen molar-refractivity contribution < 1.29 is 0 Å². The van der Waals surface area contributed by atoms with Crippen molar-refractivity contribution in [1.82, 2.24) is 19.7 Å². The van der Waals surface area contributed by atoms with Crippen LogP contribution in [0.2, 0.25) is 0 Å². The first kappa shape index (κ1) is 23.5. The molecule has 1 atom stereocenters. The van der Waals surface area contributed by atoms with Gasteiger partial charge in [0.2, 0.25) is 0 Å². The molecule has 0 saturated carbocycles. The Hall–Kier alpha value is -1.63. The van der Waals surface area contributed by atoms with Crippen molar-refractivity contribution in [3.63, 3.8) is 0 Å². The Bertz CT molecular complexity index is 1020. The molecule has 0 spiro atoms. The van der Waals surface area contributed by atoms with E-state index < -0.39 is 0 Å². The van der Waals surface area contributed by atoms with Crippen molar-refractivity contribution in [3.8, 4) is 17.1 Å². The summed E-state index contributed by atoms with van der Waals surface area (Å²) in [5.74, 6) is 1.94. The minimum Gasteiger partial charge on any atom is -0.303 e. The molecule has 1 aliphatic heterocycles. The lowest BCUT2D eigenvalue weighted by Gasteiger charge is -2.32. The van der Waals surface area contributed by atoms with Crippen molar-refractivity contribution in [2.75, 3.05) is 19.3 Å². The zero-order valence-electron chi connectivity index (χ0n) is 19.5. The van der Waals surface area contributed by atoms with Gasteiger partial charge in [0, 0.05) is 27.5 Å². The number of nitrogens with zero attached hydrogens (tertiary/aromatic N) is 4. The highest BCUT2D eigenvalue weighted by Crippen LogP contribution is 2.31. The van der Waals surface area contributed by atoms with Gasteiger partial charge in [0.15, 0.2) is 11.0 Å². The molecule has 170 valence electrons. The molecule has 6 heteroatoms. The lowest BCUT2D eigenvalue weighted by molar-refractivity contribution is 0.182. The number of hydrogen-bond donors (Lipinski definition) is 0. The second-order valence-corrected chi connectivity index (χ2v) is 11.7. The molecule has 2 aromatic carbocycles. The Morgan fingerprint density at radius 2 is 1.72 bits per heavy atom. The van der Waals surface area contributed by atoms with E-state index in [1.165, 1.54) is 37.8 Å². The van der Waals surface area contributed by atoms with Gasteiger partial charge in [-0.1, -0.05) is 79.1 Å². The fourth-order valence-corrected chi connectivity index (χ4v) is 5.54. The van der Waals surface area contributed by atoms with Crippen molar-refractivity contribution in [2.45, 2.75) is 63.1 Å². The number of halogens is 1. The summed E-state index contributed by atoms with van der Waals surface area (Å²) in [6.45, 7) is 7.94. The first-order chi connectivity index (χ1) is 15.3. The van der Waals surface area contributed by atoms with Crippen molar-refractivity contribution >= 4 is 27.7 Å². The SMILES string of the molecule is CN1CCCC[C@@H]1CCSc1nnc(-c2ccc(C(C)(C)C)cc2)n1-c1ccc(Br)cc1. The normalized spacial score (nSPS) is 17.6. The molecule has 1 fully saturated rings. The molecule has 0 aliphatic carbocycles. The van der Waals surface area contributed by atoms with Crippen LogP contribution in [0.5, 0.6) is 0 Å². The Balaban J connectivity index is 1.61. The summed E-state index contributed by atoms with van der Waals surface area (Å²) in [7, 11) is 2.26. The highest BCUT2D eigenvalue weighted by Gasteiger charge is 2.21. The van der Waals surface area contributed by atoms with E-state index in [-0.39, 0.29) is 5.41 Å². The van der Waals surface area contributed by atoms with Gasteiger partial charge in [-0.15, -0.1) is 10.2 Å². The number of piperidine rings is 1. The Labute approximate surface area is 204 Å². The van der Waals surface area contributed by atoms with Crippen LogP contribution in [0, 0.1) is 0 Å². The largest absolute Gasteiger partial charge is 0.303 e. The van der Waals surface area contributed by atoms with Crippen LogP contribution in [0.25, 0.3) is 17.1 Å². The molecule has 32 heavy (non-hydrogen) atoms. The Morgan fingerprint density at radius 3 is 2.38 bits per heavy atom. The van der Waals surface area contributed by atoms with E-state index in [0.717, 1.165) is 32.5 Å². The molecule has 0 radical (unpaired) electrons. The minimum atomic E-state index is 0.130. The third-order valence-corrected chi connectivity index (χ3v) is 7.82. The summed E-state index contributed by atoms with van der Waals surface area (Å²) < 4.78 is 3.27. The van der Waals surface area contributed by atoms with E-state index in [0.29, 0.717) is 6.04 Å². The summed E-state index contributed by atoms with van der Waals surface area (Å²) in [5.41, 5.74) is 3.63.